The molecule has 2 aliphatic carbocycles. The van der Waals surface area contributed by atoms with E-state index in [1.165, 1.54) is 5.56 Å². The Bertz CT molecular complexity index is 730. The van der Waals surface area contributed by atoms with E-state index in [0.29, 0.717) is 37.3 Å². The van der Waals surface area contributed by atoms with Gasteiger partial charge in [-0.15, -0.1) is 0 Å². The third-order valence-corrected chi connectivity index (χ3v) is 5.64. The topological polar surface area (TPSA) is 69.0 Å². The summed E-state index contributed by atoms with van der Waals surface area (Å²) < 4.78 is 15.0. The second-order valence-corrected chi connectivity index (χ2v) is 7.56. The van der Waals surface area contributed by atoms with Gasteiger partial charge in [0.2, 0.25) is 5.91 Å². The van der Waals surface area contributed by atoms with Crippen molar-refractivity contribution in [3.05, 3.63) is 22.9 Å². The molecule has 1 amide bonds. The molecule has 1 saturated carbocycles. The monoisotopic (exact) mass is 342 g/mol. The molecule has 1 aliphatic heterocycles. The minimum atomic E-state index is -1.36. The molecule has 0 unspecified atom stereocenters. The van der Waals surface area contributed by atoms with Gasteiger partial charge < -0.3 is 10.2 Å². The highest BCUT2D eigenvalue weighted by Crippen LogP contribution is 2.33. The van der Waals surface area contributed by atoms with Gasteiger partial charge in [0.1, 0.15) is 17.6 Å². The zero-order chi connectivity index (χ0) is 17.4. The van der Waals surface area contributed by atoms with Gasteiger partial charge in [-0.2, -0.15) is 5.26 Å². The molecule has 0 spiro atoms. The van der Waals surface area contributed by atoms with Crippen LogP contribution in [0.5, 0.6) is 0 Å². The van der Waals surface area contributed by atoms with E-state index in [1.54, 1.807) is 0 Å². The Kier molecular flexibility index (Phi) is 4.10. The van der Waals surface area contributed by atoms with E-state index in [1.807, 2.05) is 11.0 Å². The van der Waals surface area contributed by atoms with Gasteiger partial charge >= 0.3 is 0 Å². The largest absolute Gasteiger partial charge is 0.355 e. The number of anilines is 1. The van der Waals surface area contributed by atoms with Crippen molar-refractivity contribution in [3.8, 4) is 6.07 Å². The smallest absolute Gasteiger partial charge is 0.223 e. The minimum Gasteiger partial charge on any atom is -0.355 e. The molecule has 25 heavy (non-hydrogen) atoms. The zero-order valence-corrected chi connectivity index (χ0v) is 14.4. The van der Waals surface area contributed by atoms with E-state index in [-0.39, 0.29) is 18.4 Å². The number of nitrogens with zero attached hydrogens (tertiary/aromatic N) is 3. The summed E-state index contributed by atoms with van der Waals surface area (Å²) in [5.41, 5.74) is 1.50. The van der Waals surface area contributed by atoms with Crippen LogP contribution in [0.3, 0.4) is 0 Å². The number of pyridine rings is 1. The molecule has 3 aliphatic rings. The van der Waals surface area contributed by atoms with Gasteiger partial charge in [0.15, 0.2) is 0 Å². The number of fused-ring (bicyclic) bond motifs is 1. The van der Waals surface area contributed by atoms with E-state index < -0.39 is 5.67 Å². The first-order valence-electron chi connectivity index (χ1n) is 9.22. The van der Waals surface area contributed by atoms with Crippen molar-refractivity contribution in [2.24, 2.45) is 5.92 Å². The summed E-state index contributed by atoms with van der Waals surface area (Å²) in [5.74, 6) is 0.802. The molecule has 1 saturated heterocycles. The van der Waals surface area contributed by atoms with Crippen LogP contribution >= 0.6 is 0 Å². The quantitative estimate of drug-likeness (QED) is 0.911. The maximum absolute atomic E-state index is 15.0. The van der Waals surface area contributed by atoms with Crippen LogP contribution in [0.15, 0.2) is 6.07 Å². The Balaban J connectivity index is 1.41. The van der Waals surface area contributed by atoms with Crippen molar-refractivity contribution >= 4 is 11.7 Å². The third kappa shape index (κ3) is 3.33. The number of alkyl halides is 1. The van der Waals surface area contributed by atoms with Crippen molar-refractivity contribution in [2.75, 3.05) is 24.5 Å². The Labute approximate surface area is 147 Å². The number of carbonyl (C=O) groups is 1. The predicted molar refractivity (Wildman–Crippen MR) is 92.0 cm³/mol. The maximum Gasteiger partial charge on any atom is 0.223 e. The van der Waals surface area contributed by atoms with Crippen molar-refractivity contribution in [3.63, 3.8) is 0 Å². The average Bonchev–Trinajstić information content (AvgIpc) is 3.38. The number of carbonyl (C=O) groups excluding carboxylic acids is 1. The lowest BCUT2D eigenvalue weighted by Gasteiger charge is -2.37. The molecule has 5 nitrogen and oxygen atoms in total. The average molecular weight is 342 g/mol. The molecule has 0 radical (unpaired) electrons. The van der Waals surface area contributed by atoms with Crippen LogP contribution in [0.2, 0.25) is 0 Å². The molecule has 1 aromatic rings. The summed E-state index contributed by atoms with van der Waals surface area (Å²) in [6, 6.07) is 4.20. The summed E-state index contributed by atoms with van der Waals surface area (Å²) in [4.78, 5) is 18.5. The normalized spacial score (nSPS) is 21.5. The first-order chi connectivity index (χ1) is 12.1. The lowest BCUT2D eigenvalue weighted by atomic mass is 9.92. The Hall–Kier alpha value is -2.16. The number of nitrogens with one attached hydrogen (secondary N) is 1. The SMILES string of the molecule is N#Cc1cc2c(nc1N1CCC(F)(CNC(=O)C3CC3)CC1)CCC2. The molecular weight excluding hydrogens is 319 g/mol. The van der Waals surface area contributed by atoms with Gasteiger partial charge in [-0.25, -0.2) is 9.37 Å². The minimum absolute atomic E-state index is 0.00786. The summed E-state index contributed by atoms with van der Waals surface area (Å²) in [6.07, 6.45) is 5.60. The van der Waals surface area contributed by atoms with E-state index in [2.05, 4.69) is 11.4 Å². The highest BCUT2D eigenvalue weighted by Gasteiger charge is 2.38. The molecule has 0 atom stereocenters. The van der Waals surface area contributed by atoms with Gasteiger partial charge in [-0.3, -0.25) is 4.79 Å². The molecule has 1 N–H and O–H groups in total. The summed E-state index contributed by atoms with van der Waals surface area (Å²) in [7, 11) is 0. The first kappa shape index (κ1) is 16.3. The van der Waals surface area contributed by atoms with Gasteiger partial charge in [0, 0.05) is 37.5 Å². The number of aryl methyl sites for hydroxylation is 2. The molecule has 1 aromatic heterocycles. The number of amides is 1. The molecule has 4 rings (SSSR count). The second-order valence-electron chi connectivity index (χ2n) is 7.56. The predicted octanol–water partition coefficient (Wildman–Crippen LogP) is 2.28. The highest BCUT2D eigenvalue weighted by molar-refractivity contribution is 5.80. The fourth-order valence-corrected chi connectivity index (χ4v) is 3.82. The van der Waals surface area contributed by atoms with Gasteiger partial charge in [0.05, 0.1) is 12.1 Å². The Morgan fingerprint density at radius 3 is 2.84 bits per heavy atom. The van der Waals surface area contributed by atoms with Crippen LogP contribution in [0.1, 0.15) is 48.9 Å². The molecule has 6 heteroatoms. The molecule has 2 heterocycles. The van der Waals surface area contributed by atoms with Crippen LogP contribution in [-0.2, 0) is 17.6 Å². The summed E-state index contributed by atoms with van der Waals surface area (Å²) in [5, 5.41) is 12.2. The molecular formula is C19H23FN4O. The first-order valence-corrected chi connectivity index (χ1v) is 9.22. The standard InChI is InChI=1S/C19H23FN4O/c20-19(12-22-18(25)13-4-5-13)6-8-24(9-7-19)17-15(11-21)10-14-2-1-3-16(14)23-17/h10,13H,1-9,12H2,(H,22,25). The van der Waals surface area contributed by atoms with E-state index >= 15 is 0 Å². The Morgan fingerprint density at radius 2 is 2.16 bits per heavy atom. The van der Waals surface area contributed by atoms with Crippen molar-refractivity contribution in [2.45, 2.75) is 50.6 Å². The number of hydrogen-bond acceptors (Lipinski definition) is 4. The maximum atomic E-state index is 15.0. The van der Waals surface area contributed by atoms with Gasteiger partial charge in [-0.1, -0.05) is 0 Å². The highest BCUT2D eigenvalue weighted by atomic mass is 19.1. The summed E-state index contributed by atoms with van der Waals surface area (Å²) in [6.45, 7) is 1.14. The van der Waals surface area contributed by atoms with Gasteiger partial charge in [-0.05, 0) is 43.7 Å². The van der Waals surface area contributed by atoms with Crippen molar-refractivity contribution in [1.82, 2.24) is 10.3 Å². The summed E-state index contributed by atoms with van der Waals surface area (Å²) >= 11 is 0. The number of halogens is 1. The van der Waals surface area contributed by atoms with Crippen LogP contribution in [-0.4, -0.2) is 36.2 Å². The lowest BCUT2D eigenvalue weighted by Crippen LogP contribution is -2.49. The van der Waals surface area contributed by atoms with E-state index in [0.717, 1.165) is 37.8 Å². The van der Waals surface area contributed by atoms with Gasteiger partial charge in [0.25, 0.3) is 0 Å². The van der Waals surface area contributed by atoms with Crippen LogP contribution < -0.4 is 10.2 Å². The molecule has 0 aromatic carbocycles. The molecule has 0 bridgehead atoms. The van der Waals surface area contributed by atoms with Crippen LogP contribution in [0.4, 0.5) is 10.2 Å². The number of rotatable bonds is 4. The molecule has 132 valence electrons. The van der Waals surface area contributed by atoms with Crippen LogP contribution in [0, 0.1) is 17.2 Å². The fraction of sp³-hybridized carbons (Fsp3) is 0.632. The van der Waals surface area contributed by atoms with E-state index in [9.17, 15) is 14.4 Å². The van der Waals surface area contributed by atoms with Crippen LogP contribution in [0.25, 0.3) is 0 Å². The Morgan fingerprint density at radius 1 is 1.40 bits per heavy atom. The van der Waals surface area contributed by atoms with Crippen molar-refractivity contribution in [1.29, 1.82) is 5.26 Å². The lowest BCUT2D eigenvalue weighted by molar-refractivity contribution is -0.123. The molecule has 2 fully saturated rings. The zero-order valence-electron chi connectivity index (χ0n) is 14.4. The second kappa shape index (κ2) is 6.29. The number of piperidine rings is 1. The number of hydrogen-bond donors (Lipinski definition) is 1. The number of nitriles is 1. The number of aromatic nitrogens is 1. The van der Waals surface area contributed by atoms with Crippen molar-refractivity contribution < 1.29 is 9.18 Å². The van der Waals surface area contributed by atoms with E-state index in [4.69, 9.17) is 4.98 Å². The third-order valence-electron chi connectivity index (χ3n) is 5.64. The fourth-order valence-electron chi connectivity index (χ4n) is 3.82.